The molecule has 5 heteroatoms. The first-order valence-corrected chi connectivity index (χ1v) is 6.95. The van der Waals surface area contributed by atoms with Gasteiger partial charge >= 0.3 is 0 Å². The van der Waals surface area contributed by atoms with Gasteiger partial charge in [-0.3, -0.25) is 4.98 Å². The summed E-state index contributed by atoms with van der Waals surface area (Å²) in [7, 11) is 3.96. The molecule has 0 saturated heterocycles. The van der Waals surface area contributed by atoms with Crippen LogP contribution < -0.4 is 10.2 Å². The molecule has 1 N–H and O–H groups in total. The fourth-order valence-corrected chi connectivity index (χ4v) is 2.70. The van der Waals surface area contributed by atoms with Crippen LogP contribution in [0.25, 0.3) is 0 Å². The molecular formula is C13H16ClN3S. The average molecular weight is 282 g/mol. The summed E-state index contributed by atoms with van der Waals surface area (Å²) in [5, 5.41) is 4.17. The molecule has 1 heterocycles. The summed E-state index contributed by atoms with van der Waals surface area (Å²) >= 11 is 7.89. The van der Waals surface area contributed by atoms with Crippen LogP contribution in [-0.2, 0) is 0 Å². The van der Waals surface area contributed by atoms with E-state index in [0.29, 0.717) is 0 Å². The molecule has 2 rings (SSSR count). The molecule has 18 heavy (non-hydrogen) atoms. The number of nitrogens with one attached hydrogen (secondary N) is 1. The smallest absolute Gasteiger partial charge is 0.0795 e. The van der Waals surface area contributed by atoms with Gasteiger partial charge < -0.3 is 10.2 Å². The standard InChI is InChI=1S/C13H16ClN3S/c1-9(13-7-15-8-18-13)16-10-4-5-12(17(2)3)11(14)6-10/h4-9,16H,1-3H3. The quantitative estimate of drug-likeness (QED) is 0.917. The van der Waals surface area contributed by atoms with Crippen LogP contribution in [0.4, 0.5) is 11.4 Å². The third kappa shape index (κ3) is 2.94. The number of thiazole rings is 1. The average Bonchev–Trinajstić information content (AvgIpc) is 2.81. The van der Waals surface area contributed by atoms with E-state index < -0.39 is 0 Å². The van der Waals surface area contributed by atoms with Crippen molar-refractivity contribution in [2.75, 3.05) is 24.3 Å². The van der Waals surface area contributed by atoms with E-state index in [0.717, 1.165) is 16.4 Å². The molecule has 1 unspecified atom stereocenters. The van der Waals surface area contributed by atoms with Crippen LogP contribution in [-0.4, -0.2) is 19.1 Å². The Morgan fingerprint density at radius 2 is 2.17 bits per heavy atom. The minimum absolute atomic E-state index is 0.235. The van der Waals surface area contributed by atoms with Crippen molar-refractivity contribution >= 4 is 34.3 Å². The highest BCUT2D eigenvalue weighted by Gasteiger charge is 2.08. The molecule has 0 aliphatic rings. The van der Waals surface area contributed by atoms with Gasteiger partial charge in [-0.25, -0.2) is 0 Å². The van der Waals surface area contributed by atoms with Gasteiger partial charge in [0.2, 0.25) is 0 Å². The first-order chi connectivity index (χ1) is 8.58. The predicted molar refractivity (Wildman–Crippen MR) is 79.9 cm³/mol. The molecule has 0 amide bonds. The lowest BCUT2D eigenvalue weighted by molar-refractivity contribution is 0.903. The molecule has 0 spiro atoms. The van der Waals surface area contributed by atoms with Crippen molar-refractivity contribution in [1.29, 1.82) is 0 Å². The van der Waals surface area contributed by atoms with Crippen molar-refractivity contribution < 1.29 is 0 Å². The zero-order valence-corrected chi connectivity index (χ0v) is 12.2. The number of nitrogens with zero attached hydrogens (tertiary/aromatic N) is 2. The van der Waals surface area contributed by atoms with Crippen molar-refractivity contribution in [3.05, 3.63) is 39.8 Å². The molecular weight excluding hydrogens is 266 g/mol. The molecule has 0 bridgehead atoms. The Kier molecular flexibility index (Phi) is 4.09. The maximum atomic E-state index is 6.24. The van der Waals surface area contributed by atoms with Gasteiger partial charge in [0.05, 0.1) is 22.3 Å². The summed E-state index contributed by atoms with van der Waals surface area (Å²) in [6.07, 6.45) is 1.89. The first kappa shape index (κ1) is 13.2. The van der Waals surface area contributed by atoms with Crippen molar-refractivity contribution in [2.45, 2.75) is 13.0 Å². The number of benzene rings is 1. The third-order valence-electron chi connectivity index (χ3n) is 2.69. The Bertz CT molecular complexity index is 511. The van der Waals surface area contributed by atoms with Crippen LogP contribution in [0.2, 0.25) is 5.02 Å². The van der Waals surface area contributed by atoms with Crippen molar-refractivity contribution in [3.63, 3.8) is 0 Å². The molecule has 0 radical (unpaired) electrons. The number of hydrogen-bond acceptors (Lipinski definition) is 4. The molecule has 2 aromatic rings. The van der Waals surface area contributed by atoms with Crippen LogP contribution in [0.5, 0.6) is 0 Å². The minimum Gasteiger partial charge on any atom is -0.378 e. The highest BCUT2D eigenvalue weighted by Crippen LogP contribution is 2.29. The Morgan fingerprint density at radius 1 is 1.39 bits per heavy atom. The predicted octanol–water partition coefficient (Wildman–Crippen LogP) is 4.04. The van der Waals surface area contributed by atoms with Crippen LogP contribution in [0.1, 0.15) is 17.8 Å². The van der Waals surface area contributed by atoms with Gasteiger partial charge in [0.1, 0.15) is 0 Å². The lowest BCUT2D eigenvalue weighted by Crippen LogP contribution is -2.10. The second-order valence-electron chi connectivity index (χ2n) is 4.33. The third-order valence-corrected chi connectivity index (χ3v) is 3.95. The van der Waals surface area contributed by atoms with E-state index in [9.17, 15) is 0 Å². The van der Waals surface area contributed by atoms with E-state index >= 15 is 0 Å². The summed E-state index contributed by atoms with van der Waals surface area (Å²) in [5.74, 6) is 0. The zero-order chi connectivity index (χ0) is 13.1. The van der Waals surface area contributed by atoms with Gasteiger partial charge in [-0.2, -0.15) is 0 Å². The van der Waals surface area contributed by atoms with Gasteiger partial charge in [-0.15, -0.1) is 11.3 Å². The second kappa shape index (κ2) is 5.59. The first-order valence-electron chi connectivity index (χ1n) is 5.69. The number of halogens is 1. The Morgan fingerprint density at radius 3 is 2.72 bits per heavy atom. The summed E-state index contributed by atoms with van der Waals surface area (Å²) in [5.41, 5.74) is 3.88. The van der Waals surface area contributed by atoms with Gasteiger partial charge in [0.15, 0.2) is 0 Å². The summed E-state index contributed by atoms with van der Waals surface area (Å²) in [6.45, 7) is 2.11. The van der Waals surface area contributed by atoms with Gasteiger partial charge in [-0.1, -0.05) is 11.6 Å². The molecule has 0 aliphatic carbocycles. The van der Waals surface area contributed by atoms with Crippen LogP contribution in [0.3, 0.4) is 0 Å². The number of rotatable bonds is 4. The van der Waals surface area contributed by atoms with Gasteiger partial charge in [0, 0.05) is 30.9 Å². The minimum atomic E-state index is 0.235. The highest BCUT2D eigenvalue weighted by molar-refractivity contribution is 7.09. The van der Waals surface area contributed by atoms with E-state index in [-0.39, 0.29) is 6.04 Å². The summed E-state index contributed by atoms with van der Waals surface area (Å²) < 4.78 is 0. The molecule has 0 saturated carbocycles. The zero-order valence-electron chi connectivity index (χ0n) is 10.6. The topological polar surface area (TPSA) is 28.2 Å². The van der Waals surface area contributed by atoms with Crippen molar-refractivity contribution in [1.82, 2.24) is 4.98 Å². The summed E-state index contributed by atoms with van der Waals surface area (Å²) in [4.78, 5) is 7.30. The Labute approximate surface area is 116 Å². The molecule has 1 aromatic carbocycles. The lowest BCUT2D eigenvalue weighted by atomic mass is 10.2. The van der Waals surface area contributed by atoms with Crippen LogP contribution in [0, 0.1) is 0 Å². The van der Waals surface area contributed by atoms with Gasteiger partial charge in [0.25, 0.3) is 0 Å². The largest absolute Gasteiger partial charge is 0.378 e. The fourth-order valence-electron chi connectivity index (χ4n) is 1.72. The molecule has 3 nitrogen and oxygen atoms in total. The highest BCUT2D eigenvalue weighted by atomic mass is 35.5. The molecule has 0 fully saturated rings. The summed E-state index contributed by atoms with van der Waals surface area (Å²) in [6, 6.07) is 6.25. The molecule has 1 aromatic heterocycles. The maximum absolute atomic E-state index is 6.24. The second-order valence-corrected chi connectivity index (χ2v) is 5.66. The number of hydrogen-bond donors (Lipinski definition) is 1. The number of aromatic nitrogens is 1. The molecule has 96 valence electrons. The van der Waals surface area contributed by atoms with Crippen LogP contribution in [0.15, 0.2) is 29.9 Å². The van der Waals surface area contributed by atoms with E-state index in [1.165, 1.54) is 4.88 Å². The van der Waals surface area contributed by atoms with Crippen LogP contribution >= 0.6 is 22.9 Å². The van der Waals surface area contributed by atoms with E-state index in [1.807, 2.05) is 48.9 Å². The number of anilines is 2. The van der Waals surface area contributed by atoms with Gasteiger partial charge in [-0.05, 0) is 25.1 Å². The van der Waals surface area contributed by atoms with Crippen molar-refractivity contribution in [2.24, 2.45) is 0 Å². The Balaban J connectivity index is 2.13. The van der Waals surface area contributed by atoms with E-state index in [4.69, 9.17) is 11.6 Å². The molecule has 1 atom stereocenters. The fraction of sp³-hybridized carbons (Fsp3) is 0.308. The van der Waals surface area contributed by atoms with E-state index in [2.05, 4.69) is 17.2 Å². The normalized spacial score (nSPS) is 12.2. The SMILES string of the molecule is CC(Nc1ccc(N(C)C)c(Cl)c1)c1cncs1. The lowest BCUT2D eigenvalue weighted by Gasteiger charge is -2.17. The monoisotopic (exact) mass is 281 g/mol. The maximum Gasteiger partial charge on any atom is 0.0795 e. The Hall–Kier alpha value is -1.26. The van der Waals surface area contributed by atoms with Crippen molar-refractivity contribution in [3.8, 4) is 0 Å². The molecule has 0 aliphatic heterocycles. The van der Waals surface area contributed by atoms with E-state index in [1.54, 1.807) is 11.3 Å².